The van der Waals surface area contributed by atoms with E-state index in [1.165, 1.54) is 6.92 Å². The average Bonchev–Trinajstić information content (AvgIpc) is 1.87. The van der Waals surface area contributed by atoms with Crippen molar-refractivity contribution in [2.75, 3.05) is 6.61 Å². The predicted molar refractivity (Wildman–Crippen MR) is 34.6 cm³/mol. The molecule has 0 aliphatic heterocycles. The highest BCUT2D eigenvalue weighted by Crippen LogP contribution is 2.01. The third kappa shape index (κ3) is 2.39. The first-order valence-electron chi connectivity index (χ1n) is 2.85. The van der Waals surface area contributed by atoms with Crippen LogP contribution in [0.15, 0.2) is 11.5 Å². The second-order valence-corrected chi connectivity index (χ2v) is 1.67. The summed E-state index contributed by atoms with van der Waals surface area (Å²) in [5, 5.41) is 17.0. The monoisotopic (exact) mass is 146 g/mol. The van der Waals surface area contributed by atoms with E-state index in [4.69, 9.17) is 10.2 Å². The Bertz CT molecular complexity index is 159. The van der Waals surface area contributed by atoms with Gasteiger partial charge in [0.05, 0.1) is 6.61 Å². The summed E-state index contributed by atoms with van der Waals surface area (Å²) in [5.41, 5.74) is -0.179. The Kier molecular flexibility index (Phi) is 3.32. The van der Waals surface area contributed by atoms with Crippen molar-refractivity contribution in [1.82, 2.24) is 0 Å². The fraction of sp³-hybridized carbons (Fsp3) is 0.500. The molecule has 0 radical (unpaired) electrons. The highest BCUT2D eigenvalue weighted by Gasteiger charge is 2.07. The molecule has 0 aromatic carbocycles. The Hall–Kier alpha value is -1.19. The van der Waals surface area contributed by atoms with Gasteiger partial charge in [-0.1, -0.05) is 0 Å². The Morgan fingerprint density at radius 2 is 2.00 bits per heavy atom. The zero-order valence-electron chi connectivity index (χ0n) is 5.92. The van der Waals surface area contributed by atoms with Crippen LogP contribution in [0.2, 0.25) is 0 Å². The van der Waals surface area contributed by atoms with E-state index >= 15 is 0 Å². The minimum atomic E-state index is -1.18. The lowest BCUT2D eigenvalue weighted by Gasteiger charge is -2.01. The van der Waals surface area contributed by atoms with E-state index in [-0.39, 0.29) is 12.2 Å². The third-order valence-electron chi connectivity index (χ3n) is 0.923. The number of carbonyl (C=O) groups is 1. The molecule has 2 N–H and O–H groups in total. The third-order valence-corrected chi connectivity index (χ3v) is 0.923. The molecular weight excluding hydrogens is 136 g/mol. The van der Waals surface area contributed by atoms with Crippen molar-refractivity contribution < 1.29 is 19.7 Å². The van der Waals surface area contributed by atoms with Crippen LogP contribution in [-0.4, -0.2) is 22.8 Å². The summed E-state index contributed by atoms with van der Waals surface area (Å²) >= 11 is 0. The lowest BCUT2D eigenvalue weighted by Crippen LogP contribution is -2.03. The van der Waals surface area contributed by atoms with Crippen molar-refractivity contribution in [2.45, 2.75) is 13.8 Å². The molecule has 0 bridgehead atoms. The smallest absolute Gasteiger partial charge is 0.338 e. The number of ether oxygens (including phenoxy) is 1. The topological polar surface area (TPSA) is 66.8 Å². The highest BCUT2D eigenvalue weighted by molar-refractivity contribution is 5.85. The van der Waals surface area contributed by atoms with Crippen LogP contribution < -0.4 is 0 Å². The molecular formula is C6H10O4. The first-order chi connectivity index (χ1) is 4.59. The van der Waals surface area contributed by atoms with Crippen LogP contribution in [0.25, 0.3) is 0 Å². The molecule has 0 aliphatic rings. The van der Waals surface area contributed by atoms with Crippen LogP contribution >= 0.6 is 0 Å². The number of hydrogen-bond donors (Lipinski definition) is 2. The molecule has 0 heterocycles. The summed E-state index contributed by atoms with van der Waals surface area (Å²) in [7, 11) is 0. The quantitative estimate of drug-likeness (QED) is 0.458. The van der Waals surface area contributed by atoms with Gasteiger partial charge in [0.1, 0.15) is 5.57 Å². The lowest BCUT2D eigenvalue weighted by atomic mass is 10.3. The lowest BCUT2D eigenvalue weighted by molar-refractivity contribution is -0.133. The van der Waals surface area contributed by atoms with Crippen molar-refractivity contribution >= 4 is 5.97 Å². The normalized spacial score (nSPS) is 12.2. The van der Waals surface area contributed by atoms with Gasteiger partial charge in [-0.25, -0.2) is 4.79 Å². The maximum atomic E-state index is 10.1. The Morgan fingerprint density at radius 3 is 2.30 bits per heavy atom. The van der Waals surface area contributed by atoms with Crippen LogP contribution in [0.3, 0.4) is 0 Å². The SMILES string of the molecule is CCO/C(O)=C(\C)C(=O)O. The summed E-state index contributed by atoms with van der Waals surface area (Å²) in [6, 6.07) is 0. The van der Waals surface area contributed by atoms with Crippen molar-refractivity contribution in [3.05, 3.63) is 11.5 Å². The van der Waals surface area contributed by atoms with Crippen LogP contribution in [0, 0.1) is 0 Å². The first kappa shape index (κ1) is 8.81. The molecule has 0 atom stereocenters. The van der Waals surface area contributed by atoms with Gasteiger partial charge in [0.2, 0.25) is 0 Å². The molecule has 0 unspecified atom stereocenters. The highest BCUT2D eigenvalue weighted by atomic mass is 16.6. The molecule has 10 heavy (non-hydrogen) atoms. The molecule has 4 nitrogen and oxygen atoms in total. The van der Waals surface area contributed by atoms with Gasteiger partial charge in [0.25, 0.3) is 5.95 Å². The van der Waals surface area contributed by atoms with Crippen molar-refractivity contribution in [3.8, 4) is 0 Å². The molecule has 0 fully saturated rings. The van der Waals surface area contributed by atoms with Gasteiger partial charge in [-0.05, 0) is 13.8 Å². The molecule has 0 rings (SSSR count). The Morgan fingerprint density at radius 1 is 1.50 bits per heavy atom. The van der Waals surface area contributed by atoms with E-state index in [1.54, 1.807) is 6.92 Å². The zero-order valence-corrected chi connectivity index (χ0v) is 5.92. The zero-order chi connectivity index (χ0) is 8.15. The van der Waals surface area contributed by atoms with Gasteiger partial charge >= 0.3 is 5.97 Å². The molecule has 0 spiro atoms. The van der Waals surface area contributed by atoms with E-state index < -0.39 is 11.9 Å². The number of carboxylic acid groups (broad SMARTS) is 1. The van der Waals surface area contributed by atoms with Crippen molar-refractivity contribution in [1.29, 1.82) is 0 Å². The molecule has 0 aliphatic carbocycles. The summed E-state index contributed by atoms with van der Waals surface area (Å²) in [4.78, 5) is 10.1. The summed E-state index contributed by atoms with van der Waals surface area (Å²) < 4.78 is 4.52. The number of aliphatic hydroxyl groups is 1. The van der Waals surface area contributed by atoms with Gasteiger partial charge in [-0.3, -0.25) is 0 Å². The Balaban J connectivity index is 4.19. The number of aliphatic hydroxyl groups excluding tert-OH is 1. The maximum Gasteiger partial charge on any atom is 0.338 e. The van der Waals surface area contributed by atoms with Crippen molar-refractivity contribution in [2.24, 2.45) is 0 Å². The number of aliphatic carboxylic acids is 1. The van der Waals surface area contributed by atoms with E-state index in [0.717, 1.165) is 0 Å². The van der Waals surface area contributed by atoms with E-state index in [0.29, 0.717) is 0 Å². The molecule has 0 amide bonds. The first-order valence-corrected chi connectivity index (χ1v) is 2.85. The van der Waals surface area contributed by atoms with Gasteiger partial charge in [0.15, 0.2) is 0 Å². The Labute approximate surface area is 58.7 Å². The largest absolute Gasteiger partial charge is 0.481 e. The summed E-state index contributed by atoms with van der Waals surface area (Å²) in [6.45, 7) is 3.19. The molecule has 0 aromatic rings. The minimum absolute atomic E-state index is 0.179. The standard InChI is InChI=1S/C6H10O4/c1-3-10-6(9)4(2)5(7)8/h9H,3H2,1-2H3,(H,7,8)/b6-4+. The van der Waals surface area contributed by atoms with Gasteiger partial charge in [-0.2, -0.15) is 0 Å². The summed E-state index contributed by atoms with van der Waals surface area (Å²) in [6.07, 6.45) is 0. The van der Waals surface area contributed by atoms with Crippen LogP contribution in [0.4, 0.5) is 0 Å². The van der Waals surface area contributed by atoms with E-state index in [9.17, 15) is 4.79 Å². The maximum absolute atomic E-state index is 10.1. The van der Waals surface area contributed by atoms with Crippen LogP contribution in [-0.2, 0) is 9.53 Å². The van der Waals surface area contributed by atoms with Gasteiger partial charge in [0, 0.05) is 0 Å². The minimum Gasteiger partial charge on any atom is -0.481 e. The van der Waals surface area contributed by atoms with E-state index in [1.807, 2.05) is 0 Å². The fourth-order valence-corrected chi connectivity index (χ4v) is 0.336. The summed E-state index contributed by atoms with van der Waals surface area (Å²) in [5.74, 6) is -1.69. The number of carboxylic acids is 1. The van der Waals surface area contributed by atoms with E-state index in [2.05, 4.69) is 4.74 Å². The fourth-order valence-electron chi connectivity index (χ4n) is 0.336. The van der Waals surface area contributed by atoms with Crippen LogP contribution in [0.5, 0.6) is 0 Å². The predicted octanol–water partition coefficient (Wildman–Crippen LogP) is 0.897. The van der Waals surface area contributed by atoms with Crippen LogP contribution in [0.1, 0.15) is 13.8 Å². The number of rotatable bonds is 3. The number of hydrogen-bond acceptors (Lipinski definition) is 3. The molecule has 0 saturated heterocycles. The second kappa shape index (κ2) is 3.76. The molecule has 0 saturated carbocycles. The van der Waals surface area contributed by atoms with Crippen molar-refractivity contribution in [3.63, 3.8) is 0 Å². The molecule has 0 aromatic heterocycles. The second-order valence-electron chi connectivity index (χ2n) is 1.67. The van der Waals surface area contributed by atoms with Gasteiger partial charge < -0.3 is 14.9 Å². The molecule has 4 heteroatoms. The van der Waals surface area contributed by atoms with Gasteiger partial charge in [-0.15, -0.1) is 0 Å². The molecule has 58 valence electrons. The average molecular weight is 146 g/mol.